The molecule has 3 aromatic carbocycles. The van der Waals surface area contributed by atoms with Gasteiger partial charge in [0.15, 0.2) is 5.75 Å². The Morgan fingerprint density at radius 2 is 1.56 bits per heavy atom. The maximum atomic E-state index is 13.4. The Morgan fingerprint density at radius 3 is 2.19 bits per heavy atom. The predicted octanol–water partition coefficient (Wildman–Crippen LogP) is 6.39. The maximum absolute atomic E-state index is 13.4. The molecule has 2 aromatic heterocycles. The summed E-state index contributed by atoms with van der Waals surface area (Å²) < 4.78 is 34.3. The zero-order valence-corrected chi connectivity index (χ0v) is 25.4. The van der Waals surface area contributed by atoms with Crippen LogP contribution in [0.3, 0.4) is 0 Å². The number of anilines is 3. The molecule has 0 aliphatic heterocycles. The van der Waals surface area contributed by atoms with Crippen LogP contribution in [0.4, 0.5) is 21.9 Å². The number of nitrogens with one attached hydrogen (secondary N) is 3. The summed E-state index contributed by atoms with van der Waals surface area (Å²) in [6.45, 7) is 6.00. The van der Waals surface area contributed by atoms with Crippen LogP contribution in [0.1, 0.15) is 43.5 Å². The summed E-state index contributed by atoms with van der Waals surface area (Å²) >= 11 is 0. The Morgan fingerprint density at radius 1 is 0.884 bits per heavy atom. The highest BCUT2D eigenvalue weighted by Gasteiger charge is 2.23. The lowest BCUT2D eigenvalue weighted by molar-refractivity contribution is 0.262. The first kappa shape index (κ1) is 29.6. The average Bonchev–Trinajstić information content (AvgIpc) is 3.48. The molecule has 11 heteroatoms. The van der Waals surface area contributed by atoms with Crippen LogP contribution in [-0.2, 0) is 15.4 Å². The summed E-state index contributed by atoms with van der Waals surface area (Å²) in [5.41, 5.74) is 3.73. The van der Waals surface area contributed by atoms with Gasteiger partial charge >= 0.3 is 6.03 Å². The van der Waals surface area contributed by atoms with Crippen LogP contribution in [0.2, 0.25) is 0 Å². The minimum Gasteiger partial charge on any atom is -0.492 e. The monoisotopic (exact) mass is 598 g/mol. The predicted molar refractivity (Wildman–Crippen MR) is 170 cm³/mol. The molecule has 0 aliphatic carbocycles. The first-order valence-corrected chi connectivity index (χ1v) is 15.5. The van der Waals surface area contributed by atoms with Gasteiger partial charge in [-0.3, -0.25) is 9.71 Å². The molecular formula is C32H34N6O4S. The fourth-order valence-corrected chi connectivity index (χ4v) is 5.63. The van der Waals surface area contributed by atoms with Gasteiger partial charge in [0.25, 0.3) is 0 Å². The van der Waals surface area contributed by atoms with Crippen molar-refractivity contribution in [2.75, 3.05) is 28.7 Å². The normalized spacial score (nSPS) is 12.5. The Balaban J connectivity index is 1.52. The first-order chi connectivity index (χ1) is 20.4. The van der Waals surface area contributed by atoms with Gasteiger partial charge in [0, 0.05) is 30.2 Å². The third-order valence-corrected chi connectivity index (χ3v) is 7.64. The molecule has 2 heterocycles. The van der Waals surface area contributed by atoms with Crippen molar-refractivity contribution in [3.8, 4) is 5.75 Å². The van der Waals surface area contributed by atoms with E-state index >= 15 is 0 Å². The van der Waals surface area contributed by atoms with Crippen molar-refractivity contribution < 1.29 is 17.9 Å². The van der Waals surface area contributed by atoms with Gasteiger partial charge < -0.3 is 19.9 Å². The van der Waals surface area contributed by atoms with Crippen molar-refractivity contribution in [2.45, 2.75) is 32.2 Å². The Bertz CT molecular complexity index is 1870. The Labute approximate surface area is 251 Å². The molecule has 43 heavy (non-hydrogen) atoms. The quantitative estimate of drug-likeness (QED) is 0.190. The number of rotatable bonds is 8. The number of methoxy groups -OCH3 is 1. The zero-order chi connectivity index (χ0) is 30.8. The van der Waals surface area contributed by atoms with E-state index in [1.54, 1.807) is 37.1 Å². The largest absolute Gasteiger partial charge is 0.492 e. The molecular weight excluding hydrogens is 564 g/mol. The molecule has 0 saturated carbocycles. The maximum Gasteiger partial charge on any atom is 0.323 e. The van der Waals surface area contributed by atoms with Crippen molar-refractivity contribution in [3.05, 3.63) is 108 Å². The number of carbonyl (C=O) groups excluding carboxylic acids is 1. The summed E-state index contributed by atoms with van der Waals surface area (Å²) in [5, 5.41) is 7.66. The summed E-state index contributed by atoms with van der Waals surface area (Å²) in [7, 11) is -2.18. The van der Waals surface area contributed by atoms with Crippen LogP contribution in [-0.4, -0.2) is 42.3 Å². The first-order valence-electron chi connectivity index (χ1n) is 13.6. The average molecular weight is 599 g/mol. The van der Waals surface area contributed by atoms with Gasteiger partial charge in [-0.05, 0) is 57.8 Å². The molecule has 222 valence electrons. The number of aromatic nitrogens is 3. The highest BCUT2D eigenvalue weighted by atomic mass is 32.2. The number of fused-ring (bicyclic) bond motifs is 1. The molecule has 10 nitrogen and oxygen atoms in total. The van der Waals surface area contributed by atoms with Gasteiger partial charge in [0.1, 0.15) is 0 Å². The van der Waals surface area contributed by atoms with Gasteiger partial charge in [0.05, 0.1) is 42.8 Å². The molecule has 0 bridgehead atoms. The van der Waals surface area contributed by atoms with Crippen molar-refractivity contribution in [3.63, 3.8) is 0 Å². The van der Waals surface area contributed by atoms with Crippen LogP contribution in [0.25, 0.3) is 10.8 Å². The summed E-state index contributed by atoms with van der Waals surface area (Å²) in [6, 6.07) is 18.5. The Kier molecular flexibility index (Phi) is 8.10. The van der Waals surface area contributed by atoms with E-state index in [1.807, 2.05) is 80.1 Å². The lowest BCUT2D eigenvalue weighted by Gasteiger charge is -2.24. The third kappa shape index (κ3) is 6.62. The number of urea groups is 1. The highest BCUT2D eigenvalue weighted by molar-refractivity contribution is 7.92. The second-order valence-electron chi connectivity index (χ2n) is 11.2. The van der Waals surface area contributed by atoms with E-state index in [-0.39, 0.29) is 22.9 Å². The number of pyridine rings is 1. The van der Waals surface area contributed by atoms with Crippen molar-refractivity contribution in [1.29, 1.82) is 0 Å². The van der Waals surface area contributed by atoms with Gasteiger partial charge in [-0.15, -0.1) is 0 Å². The molecule has 0 aliphatic rings. The van der Waals surface area contributed by atoms with E-state index in [4.69, 9.17) is 4.74 Å². The van der Waals surface area contributed by atoms with Gasteiger partial charge in [0.2, 0.25) is 10.0 Å². The summed E-state index contributed by atoms with van der Waals surface area (Å²) in [4.78, 5) is 21.9. The van der Waals surface area contributed by atoms with Gasteiger partial charge in [-0.2, -0.15) is 0 Å². The number of ether oxygens (including phenoxy) is 1. The highest BCUT2D eigenvalue weighted by Crippen LogP contribution is 2.40. The number of hydrogen-bond acceptors (Lipinski definition) is 6. The standard InChI is InChI=1S/C32H34N6O4S/c1-32(2,3)22-18-27(30(42-4)28(19-22)37-43(5,40)41)36-31(39)35-26-11-10-25(23-8-6-7-9-24(23)26)29(38-17-16-34-20-38)21-12-14-33-15-13-21/h6-20,29,37H,1-5H3,(H2,35,36,39). The molecule has 0 radical (unpaired) electrons. The Hall–Kier alpha value is -4.90. The van der Waals surface area contributed by atoms with Gasteiger partial charge in [-0.25, -0.2) is 18.2 Å². The van der Waals surface area contributed by atoms with Crippen molar-refractivity contribution in [1.82, 2.24) is 14.5 Å². The second kappa shape index (κ2) is 11.8. The molecule has 1 unspecified atom stereocenters. The van der Waals surface area contributed by atoms with E-state index < -0.39 is 16.1 Å². The molecule has 5 aromatic rings. The second-order valence-corrected chi connectivity index (χ2v) is 13.0. The summed E-state index contributed by atoms with van der Waals surface area (Å²) in [5.74, 6) is 0.203. The minimum absolute atomic E-state index is 0.163. The SMILES string of the molecule is COc1c(NC(=O)Nc2ccc(C(c3ccncc3)n3ccnc3)c3ccccc23)cc(C(C)(C)C)cc1NS(C)(=O)=O. The molecule has 0 saturated heterocycles. The number of carbonyl (C=O) groups is 1. The number of imidazole rings is 1. The molecule has 5 rings (SSSR count). The van der Waals surface area contributed by atoms with E-state index in [0.29, 0.717) is 11.4 Å². The van der Waals surface area contributed by atoms with Crippen molar-refractivity contribution in [2.24, 2.45) is 0 Å². The molecule has 1 atom stereocenters. The molecule has 3 N–H and O–H groups in total. The minimum atomic E-state index is -3.61. The fraction of sp³-hybridized carbons (Fsp3) is 0.219. The van der Waals surface area contributed by atoms with Crippen LogP contribution < -0.4 is 20.1 Å². The number of nitrogens with zero attached hydrogens (tertiary/aromatic N) is 3. The topological polar surface area (TPSA) is 127 Å². The number of sulfonamides is 1. The van der Waals surface area contributed by atoms with Crippen LogP contribution in [0, 0.1) is 0 Å². The van der Waals surface area contributed by atoms with E-state index in [2.05, 4.69) is 25.3 Å². The van der Waals surface area contributed by atoms with Crippen LogP contribution in [0.15, 0.2) is 91.8 Å². The van der Waals surface area contributed by atoms with Crippen LogP contribution in [0.5, 0.6) is 5.75 Å². The fourth-order valence-electron chi connectivity index (χ4n) is 5.08. The summed E-state index contributed by atoms with van der Waals surface area (Å²) in [6.07, 6.45) is 10.0. The molecule has 2 amide bonds. The lowest BCUT2D eigenvalue weighted by Crippen LogP contribution is -2.22. The molecule has 0 spiro atoms. The number of hydrogen-bond donors (Lipinski definition) is 3. The van der Waals surface area contributed by atoms with E-state index in [0.717, 1.165) is 33.7 Å². The van der Waals surface area contributed by atoms with Crippen molar-refractivity contribution >= 4 is 43.9 Å². The lowest BCUT2D eigenvalue weighted by atomic mass is 9.86. The van der Waals surface area contributed by atoms with Crippen LogP contribution >= 0.6 is 0 Å². The molecule has 0 fully saturated rings. The number of benzene rings is 3. The third-order valence-electron chi connectivity index (χ3n) is 7.05. The zero-order valence-electron chi connectivity index (χ0n) is 24.6. The van der Waals surface area contributed by atoms with Gasteiger partial charge in [-0.1, -0.05) is 51.1 Å². The van der Waals surface area contributed by atoms with E-state index in [9.17, 15) is 13.2 Å². The van der Waals surface area contributed by atoms with E-state index in [1.165, 1.54) is 7.11 Å². The number of amides is 2. The smallest absolute Gasteiger partial charge is 0.323 e.